The highest BCUT2D eigenvalue weighted by Gasteiger charge is 2.19. The van der Waals surface area contributed by atoms with E-state index in [9.17, 15) is 8.42 Å². The van der Waals surface area contributed by atoms with Crippen molar-refractivity contribution >= 4 is 16.2 Å². The van der Waals surface area contributed by atoms with Gasteiger partial charge in [-0.25, -0.2) is 0 Å². The van der Waals surface area contributed by atoms with E-state index in [4.69, 9.17) is 9.47 Å². The molecule has 0 saturated carbocycles. The number of methoxy groups -OCH3 is 2. The summed E-state index contributed by atoms with van der Waals surface area (Å²) in [6.45, 7) is 1.90. The van der Waals surface area contributed by atoms with E-state index in [1.165, 1.54) is 27.5 Å². The van der Waals surface area contributed by atoms with E-state index in [2.05, 4.69) is 5.10 Å². The zero-order chi connectivity index (χ0) is 17.7. The molecule has 0 unspecified atom stereocenters. The van der Waals surface area contributed by atoms with Crippen molar-refractivity contribution in [3.8, 4) is 11.5 Å². The number of aryl methyl sites for hydroxylation is 1. The fourth-order valence-electron chi connectivity index (χ4n) is 2.08. The topological polar surface area (TPSA) is 68.2 Å². The number of hydrogen-bond acceptors (Lipinski definition) is 5. The van der Waals surface area contributed by atoms with Crippen molar-refractivity contribution in [1.82, 2.24) is 4.41 Å². The monoisotopic (exact) mass is 348 g/mol. The van der Waals surface area contributed by atoms with Crippen LogP contribution in [0.5, 0.6) is 11.5 Å². The number of hydrogen-bond donors (Lipinski definition) is 0. The van der Waals surface area contributed by atoms with E-state index in [1.807, 2.05) is 6.92 Å². The van der Waals surface area contributed by atoms with Crippen LogP contribution in [0.1, 0.15) is 11.1 Å². The Kier molecular flexibility index (Phi) is 5.46. The first-order valence-electron chi connectivity index (χ1n) is 7.20. The maximum Gasteiger partial charge on any atom is 0.278 e. The molecule has 0 spiro atoms. The van der Waals surface area contributed by atoms with Gasteiger partial charge in [-0.15, -0.1) is 0 Å². The Bertz CT molecular complexity index is 830. The Hall–Kier alpha value is -2.54. The molecule has 0 N–H and O–H groups in total. The molecule has 2 aromatic carbocycles. The lowest BCUT2D eigenvalue weighted by Crippen LogP contribution is -2.21. The van der Waals surface area contributed by atoms with Crippen LogP contribution in [0, 0.1) is 6.92 Å². The number of para-hydroxylation sites is 1. The minimum absolute atomic E-state index is 0.186. The summed E-state index contributed by atoms with van der Waals surface area (Å²) in [7, 11) is 0.740. The van der Waals surface area contributed by atoms with Gasteiger partial charge in [-0.05, 0) is 31.2 Å². The van der Waals surface area contributed by atoms with E-state index in [-0.39, 0.29) is 4.90 Å². The zero-order valence-electron chi connectivity index (χ0n) is 14.1. The predicted octanol–water partition coefficient (Wildman–Crippen LogP) is 2.67. The molecule has 0 fully saturated rings. The van der Waals surface area contributed by atoms with Gasteiger partial charge in [0, 0.05) is 12.6 Å². The third-order valence-corrected chi connectivity index (χ3v) is 5.12. The van der Waals surface area contributed by atoms with Crippen LogP contribution < -0.4 is 9.47 Å². The first-order chi connectivity index (χ1) is 11.4. The Morgan fingerprint density at radius 3 is 2.29 bits per heavy atom. The molecule has 0 aliphatic carbocycles. The average molecular weight is 348 g/mol. The number of benzene rings is 2. The molecule has 24 heavy (non-hydrogen) atoms. The number of sulfonamides is 1. The van der Waals surface area contributed by atoms with Crippen LogP contribution in [0.2, 0.25) is 0 Å². The molecular formula is C17H20N2O4S. The van der Waals surface area contributed by atoms with Crippen LogP contribution in [-0.4, -0.2) is 40.3 Å². The molecule has 0 saturated heterocycles. The lowest BCUT2D eigenvalue weighted by atomic mass is 10.2. The third-order valence-electron chi connectivity index (χ3n) is 3.46. The minimum Gasteiger partial charge on any atom is -0.493 e. The Labute approximate surface area is 142 Å². The van der Waals surface area contributed by atoms with Gasteiger partial charge in [0.2, 0.25) is 0 Å². The lowest BCUT2D eigenvalue weighted by Gasteiger charge is -2.14. The van der Waals surface area contributed by atoms with E-state index in [0.29, 0.717) is 17.1 Å². The average Bonchev–Trinajstić information content (AvgIpc) is 2.59. The molecule has 0 aliphatic heterocycles. The largest absolute Gasteiger partial charge is 0.493 e. The number of nitrogens with zero attached hydrogens (tertiary/aromatic N) is 2. The third kappa shape index (κ3) is 3.68. The smallest absolute Gasteiger partial charge is 0.278 e. The fraction of sp³-hybridized carbons (Fsp3) is 0.235. The standard InChI is InChI=1S/C17H20N2O4S/c1-13-8-10-15(11-9-13)24(20,21)19(2)18-12-14-6-5-7-16(22-3)17(14)23-4/h5-12H,1-4H3. The van der Waals surface area contributed by atoms with E-state index in [0.717, 1.165) is 9.98 Å². The Balaban J connectivity index is 2.30. The van der Waals surface area contributed by atoms with Gasteiger partial charge in [0.05, 0.1) is 25.3 Å². The van der Waals surface area contributed by atoms with E-state index < -0.39 is 10.0 Å². The summed E-state index contributed by atoms with van der Waals surface area (Å²) < 4.78 is 36.4. The van der Waals surface area contributed by atoms with Gasteiger partial charge in [0.25, 0.3) is 10.0 Å². The molecule has 0 amide bonds. The van der Waals surface area contributed by atoms with Crippen molar-refractivity contribution < 1.29 is 17.9 Å². The molecule has 6 nitrogen and oxygen atoms in total. The van der Waals surface area contributed by atoms with Crippen LogP contribution >= 0.6 is 0 Å². The SMILES string of the molecule is COc1cccc(C=NN(C)S(=O)(=O)c2ccc(C)cc2)c1OC. The van der Waals surface area contributed by atoms with Gasteiger partial charge in [-0.2, -0.15) is 17.9 Å². The maximum absolute atomic E-state index is 12.5. The molecule has 0 heterocycles. The van der Waals surface area contributed by atoms with Gasteiger partial charge in [-0.1, -0.05) is 23.8 Å². The van der Waals surface area contributed by atoms with Crippen LogP contribution in [0.3, 0.4) is 0 Å². The highest BCUT2D eigenvalue weighted by atomic mass is 32.2. The second-order valence-electron chi connectivity index (χ2n) is 5.08. The summed E-state index contributed by atoms with van der Waals surface area (Å²) in [6.07, 6.45) is 1.42. The number of ether oxygens (including phenoxy) is 2. The van der Waals surface area contributed by atoms with Crippen molar-refractivity contribution in [2.24, 2.45) is 5.10 Å². The van der Waals surface area contributed by atoms with Crippen LogP contribution in [-0.2, 0) is 10.0 Å². The molecule has 0 aromatic heterocycles. The molecule has 2 rings (SSSR count). The summed E-state index contributed by atoms with van der Waals surface area (Å²) in [5.74, 6) is 1.04. The molecule has 0 atom stereocenters. The summed E-state index contributed by atoms with van der Waals surface area (Å²) >= 11 is 0. The van der Waals surface area contributed by atoms with E-state index >= 15 is 0 Å². The fourth-order valence-corrected chi connectivity index (χ4v) is 3.04. The van der Waals surface area contributed by atoms with Crippen molar-refractivity contribution in [3.63, 3.8) is 0 Å². The molecule has 0 radical (unpaired) electrons. The predicted molar refractivity (Wildman–Crippen MR) is 93.3 cm³/mol. The number of hydrazone groups is 1. The van der Waals surface area contributed by atoms with Crippen molar-refractivity contribution in [2.75, 3.05) is 21.3 Å². The van der Waals surface area contributed by atoms with Crippen molar-refractivity contribution in [1.29, 1.82) is 0 Å². The quantitative estimate of drug-likeness (QED) is 0.594. The molecule has 128 valence electrons. The minimum atomic E-state index is -3.70. The van der Waals surface area contributed by atoms with Gasteiger partial charge in [0.1, 0.15) is 0 Å². The van der Waals surface area contributed by atoms with Crippen LogP contribution in [0.4, 0.5) is 0 Å². The van der Waals surface area contributed by atoms with E-state index in [1.54, 1.807) is 42.5 Å². The molecule has 7 heteroatoms. The summed E-state index contributed by atoms with van der Waals surface area (Å²) in [4.78, 5) is 0.186. The van der Waals surface area contributed by atoms with Crippen molar-refractivity contribution in [3.05, 3.63) is 53.6 Å². The summed E-state index contributed by atoms with van der Waals surface area (Å²) in [5, 5.41) is 4.03. The highest BCUT2D eigenvalue weighted by Crippen LogP contribution is 2.29. The zero-order valence-corrected chi connectivity index (χ0v) is 14.9. The maximum atomic E-state index is 12.5. The molecular weight excluding hydrogens is 328 g/mol. The molecule has 2 aromatic rings. The first kappa shape index (κ1) is 17.8. The summed E-state index contributed by atoms with van der Waals surface area (Å²) in [5.41, 5.74) is 1.60. The highest BCUT2D eigenvalue weighted by molar-refractivity contribution is 7.89. The Morgan fingerprint density at radius 1 is 1.04 bits per heavy atom. The first-order valence-corrected chi connectivity index (χ1v) is 8.64. The lowest BCUT2D eigenvalue weighted by molar-refractivity contribution is 0.354. The van der Waals surface area contributed by atoms with Gasteiger partial charge in [-0.3, -0.25) is 0 Å². The van der Waals surface area contributed by atoms with Gasteiger partial charge < -0.3 is 9.47 Å². The molecule has 0 bridgehead atoms. The van der Waals surface area contributed by atoms with Crippen molar-refractivity contribution in [2.45, 2.75) is 11.8 Å². The van der Waals surface area contributed by atoms with Crippen LogP contribution in [0.15, 0.2) is 52.5 Å². The van der Waals surface area contributed by atoms with Gasteiger partial charge in [0.15, 0.2) is 11.5 Å². The second-order valence-corrected chi connectivity index (χ2v) is 7.03. The number of rotatable bonds is 6. The normalized spacial score (nSPS) is 11.5. The Morgan fingerprint density at radius 2 is 1.71 bits per heavy atom. The second kappa shape index (κ2) is 7.35. The van der Waals surface area contributed by atoms with Gasteiger partial charge >= 0.3 is 0 Å². The summed E-state index contributed by atoms with van der Waals surface area (Å²) in [6, 6.07) is 11.9. The van der Waals surface area contributed by atoms with Crippen LogP contribution in [0.25, 0.3) is 0 Å². The molecule has 0 aliphatic rings.